The molecular weight excluding hydrogens is 164 g/mol. The lowest BCUT2D eigenvalue weighted by Gasteiger charge is -1.98. The molecule has 2 rings (SSSR count). The van der Waals surface area contributed by atoms with Crippen LogP contribution in [0.1, 0.15) is 5.56 Å². The number of fused-ring (bicyclic) bond motifs is 1. The molecule has 64 valence electrons. The summed E-state index contributed by atoms with van der Waals surface area (Å²) < 4.78 is 0. The van der Waals surface area contributed by atoms with Gasteiger partial charge in [-0.15, -0.1) is 0 Å². The van der Waals surface area contributed by atoms with Crippen LogP contribution in [-0.4, -0.2) is 16.4 Å². The molecule has 0 saturated heterocycles. The second-order valence-electron chi connectivity index (χ2n) is 2.66. The van der Waals surface area contributed by atoms with Gasteiger partial charge in [-0.1, -0.05) is 23.4 Å². The van der Waals surface area contributed by atoms with Crippen LogP contribution in [-0.2, 0) is 0 Å². The van der Waals surface area contributed by atoms with Crippen LogP contribution in [0, 0.1) is 0 Å². The van der Waals surface area contributed by atoms with E-state index in [0.717, 1.165) is 16.5 Å². The Morgan fingerprint density at radius 1 is 1.23 bits per heavy atom. The van der Waals surface area contributed by atoms with E-state index in [1.165, 1.54) is 6.21 Å². The summed E-state index contributed by atoms with van der Waals surface area (Å²) in [5.74, 6) is 0. The van der Waals surface area contributed by atoms with Crippen molar-refractivity contribution in [2.24, 2.45) is 5.16 Å². The molecule has 3 heteroatoms. The van der Waals surface area contributed by atoms with E-state index < -0.39 is 0 Å². The van der Waals surface area contributed by atoms with E-state index in [1.54, 1.807) is 6.20 Å². The molecule has 0 spiro atoms. The van der Waals surface area contributed by atoms with E-state index in [2.05, 4.69) is 10.1 Å². The van der Waals surface area contributed by atoms with Gasteiger partial charge in [-0.3, -0.25) is 4.98 Å². The highest BCUT2D eigenvalue weighted by molar-refractivity contribution is 5.97. The van der Waals surface area contributed by atoms with Crippen LogP contribution in [0.15, 0.2) is 41.7 Å². The molecule has 3 nitrogen and oxygen atoms in total. The minimum atomic E-state index is 0.869. The Morgan fingerprint density at radius 3 is 3.00 bits per heavy atom. The van der Waals surface area contributed by atoms with E-state index in [0.29, 0.717) is 0 Å². The number of oxime groups is 1. The van der Waals surface area contributed by atoms with Crippen molar-refractivity contribution in [3.05, 3.63) is 42.1 Å². The second kappa shape index (κ2) is 3.23. The van der Waals surface area contributed by atoms with Crippen molar-refractivity contribution in [1.29, 1.82) is 0 Å². The summed E-state index contributed by atoms with van der Waals surface area (Å²) in [6.07, 6.45) is 3.15. The molecule has 0 radical (unpaired) electrons. The average Bonchev–Trinajstić information content (AvgIpc) is 2.19. The van der Waals surface area contributed by atoms with Crippen LogP contribution in [0.2, 0.25) is 0 Å². The van der Waals surface area contributed by atoms with Gasteiger partial charge >= 0.3 is 0 Å². The van der Waals surface area contributed by atoms with Crippen molar-refractivity contribution >= 4 is 17.1 Å². The zero-order valence-corrected chi connectivity index (χ0v) is 6.88. The van der Waals surface area contributed by atoms with Gasteiger partial charge in [0, 0.05) is 17.1 Å². The molecule has 0 saturated carbocycles. The summed E-state index contributed by atoms with van der Waals surface area (Å²) in [5.41, 5.74) is 1.77. The third-order valence-electron chi connectivity index (χ3n) is 1.88. The van der Waals surface area contributed by atoms with E-state index in [-0.39, 0.29) is 0 Å². The van der Waals surface area contributed by atoms with E-state index in [1.807, 2.05) is 30.3 Å². The Kier molecular flexibility index (Phi) is 1.92. The van der Waals surface area contributed by atoms with Crippen molar-refractivity contribution in [2.45, 2.75) is 0 Å². The van der Waals surface area contributed by atoms with E-state index in [9.17, 15) is 0 Å². The molecular formula is C10H8N2O. The summed E-state index contributed by atoms with van der Waals surface area (Å²) in [7, 11) is 0. The van der Waals surface area contributed by atoms with Crippen LogP contribution in [0.4, 0.5) is 0 Å². The van der Waals surface area contributed by atoms with Crippen molar-refractivity contribution < 1.29 is 5.21 Å². The average molecular weight is 172 g/mol. The minimum Gasteiger partial charge on any atom is -0.411 e. The highest BCUT2D eigenvalue weighted by atomic mass is 16.4. The molecule has 0 atom stereocenters. The van der Waals surface area contributed by atoms with Gasteiger partial charge in [0.25, 0.3) is 0 Å². The summed E-state index contributed by atoms with van der Waals surface area (Å²) >= 11 is 0. The maximum absolute atomic E-state index is 8.43. The Hall–Kier alpha value is -1.90. The molecule has 0 bridgehead atoms. The van der Waals surface area contributed by atoms with Crippen LogP contribution in [0.25, 0.3) is 10.9 Å². The highest BCUT2D eigenvalue weighted by Crippen LogP contribution is 2.14. The number of aromatic nitrogens is 1. The molecule has 13 heavy (non-hydrogen) atoms. The zero-order chi connectivity index (χ0) is 9.10. The smallest absolute Gasteiger partial charge is 0.0740 e. The Morgan fingerprint density at radius 2 is 2.15 bits per heavy atom. The predicted molar refractivity (Wildman–Crippen MR) is 51.1 cm³/mol. The molecule has 0 fully saturated rings. The molecule has 0 amide bonds. The molecule has 0 unspecified atom stereocenters. The summed E-state index contributed by atoms with van der Waals surface area (Å²) in [5, 5.41) is 12.4. The number of rotatable bonds is 1. The molecule has 2 aromatic rings. The van der Waals surface area contributed by atoms with Gasteiger partial charge in [0.2, 0.25) is 0 Å². The van der Waals surface area contributed by atoms with Crippen molar-refractivity contribution in [3.63, 3.8) is 0 Å². The fourth-order valence-electron chi connectivity index (χ4n) is 1.30. The largest absolute Gasteiger partial charge is 0.411 e. The van der Waals surface area contributed by atoms with Crippen molar-refractivity contribution in [2.75, 3.05) is 0 Å². The van der Waals surface area contributed by atoms with E-state index in [4.69, 9.17) is 5.21 Å². The molecule has 1 heterocycles. The fourth-order valence-corrected chi connectivity index (χ4v) is 1.30. The third-order valence-corrected chi connectivity index (χ3v) is 1.88. The Balaban J connectivity index is 2.75. The van der Waals surface area contributed by atoms with E-state index >= 15 is 0 Å². The summed E-state index contributed by atoms with van der Waals surface area (Å²) in [6, 6.07) is 9.48. The van der Waals surface area contributed by atoms with Crippen LogP contribution in [0.3, 0.4) is 0 Å². The predicted octanol–water partition coefficient (Wildman–Crippen LogP) is 2.04. The number of benzene rings is 1. The zero-order valence-electron chi connectivity index (χ0n) is 6.88. The van der Waals surface area contributed by atoms with Crippen LogP contribution < -0.4 is 0 Å². The lowest BCUT2D eigenvalue weighted by atomic mass is 10.1. The SMILES string of the molecule is ON=Cc1cccc2ncccc12. The lowest BCUT2D eigenvalue weighted by Crippen LogP contribution is -1.85. The molecule has 1 N–H and O–H groups in total. The number of nitrogens with zero attached hydrogens (tertiary/aromatic N) is 2. The minimum absolute atomic E-state index is 0.869. The standard InChI is InChI=1S/C10H8N2O/c13-12-7-8-3-1-5-10-9(8)4-2-6-11-10/h1-7,13H. The molecule has 1 aromatic heterocycles. The first-order chi connectivity index (χ1) is 6.42. The van der Waals surface area contributed by atoms with Gasteiger partial charge in [-0.25, -0.2) is 0 Å². The van der Waals surface area contributed by atoms with Gasteiger partial charge in [-0.2, -0.15) is 0 Å². The Bertz CT molecular complexity index is 446. The molecule has 0 aliphatic heterocycles. The quantitative estimate of drug-likeness (QED) is 0.406. The number of hydrogen-bond acceptors (Lipinski definition) is 3. The molecule has 1 aromatic carbocycles. The summed E-state index contributed by atoms with van der Waals surface area (Å²) in [4.78, 5) is 4.18. The van der Waals surface area contributed by atoms with Gasteiger partial charge in [0.15, 0.2) is 0 Å². The third kappa shape index (κ3) is 1.36. The number of pyridine rings is 1. The van der Waals surface area contributed by atoms with Gasteiger partial charge < -0.3 is 5.21 Å². The first-order valence-electron chi connectivity index (χ1n) is 3.93. The second-order valence-corrected chi connectivity index (χ2v) is 2.66. The molecule has 0 aliphatic rings. The first kappa shape index (κ1) is 7.73. The van der Waals surface area contributed by atoms with Crippen molar-refractivity contribution in [3.8, 4) is 0 Å². The normalized spacial score (nSPS) is 11.1. The van der Waals surface area contributed by atoms with Crippen molar-refractivity contribution in [1.82, 2.24) is 4.98 Å². The maximum Gasteiger partial charge on any atom is 0.0740 e. The maximum atomic E-state index is 8.43. The van der Waals surface area contributed by atoms with Crippen LogP contribution >= 0.6 is 0 Å². The molecule has 0 aliphatic carbocycles. The lowest BCUT2D eigenvalue weighted by molar-refractivity contribution is 0.322. The Labute approximate surface area is 75.3 Å². The fraction of sp³-hybridized carbons (Fsp3) is 0. The van der Waals surface area contributed by atoms with Gasteiger partial charge in [-0.05, 0) is 12.1 Å². The number of hydrogen-bond donors (Lipinski definition) is 1. The highest BCUT2D eigenvalue weighted by Gasteiger charge is 1.97. The van der Waals surface area contributed by atoms with Gasteiger partial charge in [0.1, 0.15) is 0 Å². The first-order valence-corrected chi connectivity index (χ1v) is 3.93. The van der Waals surface area contributed by atoms with Crippen LogP contribution in [0.5, 0.6) is 0 Å². The van der Waals surface area contributed by atoms with Gasteiger partial charge in [0.05, 0.1) is 11.7 Å². The monoisotopic (exact) mass is 172 g/mol. The topological polar surface area (TPSA) is 45.5 Å². The summed E-state index contributed by atoms with van der Waals surface area (Å²) in [6.45, 7) is 0.